The van der Waals surface area contributed by atoms with Crippen LogP contribution < -0.4 is 14.4 Å². The number of rotatable bonds is 8. The first-order valence-corrected chi connectivity index (χ1v) is 16.0. The number of phenols is 1. The predicted octanol–water partition coefficient (Wildman–Crippen LogP) is 7.23. The Balaban J connectivity index is 1.42. The average Bonchev–Trinajstić information content (AvgIpc) is 3.62. The maximum absolute atomic E-state index is 14.6. The van der Waals surface area contributed by atoms with Crippen molar-refractivity contribution < 1.29 is 33.7 Å². The summed E-state index contributed by atoms with van der Waals surface area (Å²) in [6.45, 7) is 0. The molecule has 2 heterocycles. The second kappa shape index (κ2) is 12.5. The molecule has 1 atom stereocenters. The topological polar surface area (TPSA) is 122 Å². The van der Waals surface area contributed by atoms with Crippen LogP contribution in [0, 0.1) is 5.82 Å². The lowest BCUT2D eigenvalue weighted by Crippen LogP contribution is -2.29. The molecule has 13 heteroatoms. The predicted molar refractivity (Wildman–Crippen MR) is 174 cm³/mol. The molecule has 228 valence electrons. The van der Waals surface area contributed by atoms with Crippen molar-refractivity contribution in [2.45, 2.75) is 16.1 Å². The first-order valence-electron chi connectivity index (χ1n) is 13.4. The van der Waals surface area contributed by atoms with Crippen LogP contribution in [0.3, 0.4) is 0 Å². The number of hydrogen-bond acceptors (Lipinski definition) is 10. The smallest absolute Gasteiger partial charge is 0.301 e. The van der Waals surface area contributed by atoms with E-state index in [9.17, 15) is 24.2 Å². The van der Waals surface area contributed by atoms with Crippen LogP contribution in [-0.2, 0) is 15.3 Å². The summed E-state index contributed by atoms with van der Waals surface area (Å²) >= 11 is 5.84. The number of benzene rings is 4. The van der Waals surface area contributed by atoms with Gasteiger partial charge in [0.15, 0.2) is 27.4 Å². The number of halogens is 2. The lowest BCUT2D eigenvalue weighted by Gasteiger charge is -2.23. The van der Waals surface area contributed by atoms with Crippen LogP contribution in [0.5, 0.6) is 17.2 Å². The van der Waals surface area contributed by atoms with E-state index in [-0.39, 0.29) is 38.0 Å². The van der Waals surface area contributed by atoms with Crippen molar-refractivity contribution in [1.82, 2.24) is 10.2 Å². The van der Waals surface area contributed by atoms with Gasteiger partial charge < -0.3 is 19.7 Å². The zero-order chi connectivity index (χ0) is 31.8. The molecule has 1 unspecified atom stereocenters. The largest absolute Gasteiger partial charge is 0.507 e. The highest BCUT2D eigenvalue weighted by Gasteiger charge is 2.49. The van der Waals surface area contributed by atoms with Gasteiger partial charge in [-0.25, -0.2) is 4.39 Å². The number of carbonyl (C=O) groups is 2. The minimum Gasteiger partial charge on any atom is -0.507 e. The second-order valence-corrected chi connectivity index (χ2v) is 12.9. The van der Waals surface area contributed by atoms with Gasteiger partial charge in [0.05, 0.1) is 30.3 Å². The number of nitrogens with zero attached hydrogens (tertiary/aromatic N) is 3. The van der Waals surface area contributed by atoms with E-state index in [0.717, 1.165) is 38.6 Å². The van der Waals surface area contributed by atoms with Crippen molar-refractivity contribution in [3.05, 3.63) is 105 Å². The quantitative estimate of drug-likeness (QED) is 0.0565. The maximum Gasteiger partial charge on any atom is 0.301 e. The fraction of sp³-hybridized carbons (Fsp3) is 0.125. The number of ether oxygens (including phenoxy) is 2. The number of thioether (sulfide) groups is 1. The summed E-state index contributed by atoms with van der Waals surface area (Å²) in [5, 5.41) is 32.7. The number of hydrogen-bond donors (Lipinski definition) is 2. The molecular weight excluding hydrogens is 685 g/mol. The van der Waals surface area contributed by atoms with Gasteiger partial charge >= 0.3 is 5.91 Å². The molecule has 0 radical (unpaired) electrons. The van der Waals surface area contributed by atoms with E-state index in [1.807, 2.05) is 36.4 Å². The van der Waals surface area contributed by atoms with Crippen LogP contribution in [0.1, 0.15) is 22.7 Å². The Labute approximate surface area is 273 Å². The number of aromatic hydroxyl groups is 1. The molecule has 1 aliphatic rings. The normalized spacial score (nSPS) is 16.0. The Hall–Kier alpha value is -4.46. The molecule has 1 fully saturated rings. The Morgan fingerprint density at radius 3 is 2.53 bits per heavy atom. The highest BCUT2D eigenvalue weighted by molar-refractivity contribution is 9.10. The van der Waals surface area contributed by atoms with E-state index in [4.69, 9.17) is 9.47 Å². The Morgan fingerprint density at radius 2 is 1.78 bits per heavy atom. The number of aliphatic hydroxyl groups excluding tert-OH is 1. The highest BCUT2D eigenvalue weighted by atomic mass is 79.9. The zero-order valence-electron chi connectivity index (χ0n) is 23.7. The lowest BCUT2D eigenvalue weighted by atomic mass is 9.95. The van der Waals surface area contributed by atoms with Crippen molar-refractivity contribution in [2.75, 3.05) is 19.1 Å². The molecule has 2 N–H and O–H groups in total. The number of aliphatic hydroxyl groups is 1. The number of Topliss-reactive ketones (excluding diaryl/α,β-unsaturated/α-hetero) is 1. The second-order valence-electron chi connectivity index (χ2n) is 9.85. The van der Waals surface area contributed by atoms with Gasteiger partial charge in [-0.2, -0.15) is 0 Å². The van der Waals surface area contributed by atoms with E-state index in [1.165, 1.54) is 50.2 Å². The van der Waals surface area contributed by atoms with Crippen LogP contribution in [0.25, 0.3) is 16.5 Å². The van der Waals surface area contributed by atoms with E-state index >= 15 is 0 Å². The van der Waals surface area contributed by atoms with Crippen LogP contribution in [0.4, 0.5) is 9.52 Å². The minimum atomic E-state index is -1.22. The monoisotopic (exact) mass is 707 g/mol. The molecular formula is C32H23BrFN3O6S2. The molecule has 1 aliphatic heterocycles. The van der Waals surface area contributed by atoms with Crippen LogP contribution >= 0.6 is 39.0 Å². The summed E-state index contributed by atoms with van der Waals surface area (Å²) in [7, 11) is 2.66. The van der Waals surface area contributed by atoms with Crippen LogP contribution in [0.15, 0.2) is 87.2 Å². The number of ketones is 1. The molecule has 5 aromatic rings. The third kappa shape index (κ3) is 5.62. The van der Waals surface area contributed by atoms with Gasteiger partial charge in [0.2, 0.25) is 5.13 Å². The SMILES string of the molecule is COc1ccc(/C(O)=C2/C(=O)C(=O)N(c3nnc(SCc4cccc5ccccc45)s3)C2c2cc(Br)c(O)c(OC)c2)cc1F. The first-order chi connectivity index (χ1) is 21.7. The van der Waals surface area contributed by atoms with Crippen molar-refractivity contribution in [1.29, 1.82) is 0 Å². The molecule has 9 nitrogen and oxygen atoms in total. The Kier molecular flexibility index (Phi) is 8.49. The van der Waals surface area contributed by atoms with Gasteiger partial charge in [0.25, 0.3) is 5.78 Å². The first kappa shape index (κ1) is 30.6. The maximum atomic E-state index is 14.6. The summed E-state index contributed by atoms with van der Waals surface area (Å²) < 4.78 is 25.7. The minimum absolute atomic E-state index is 0.0373. The summed E-state index contributed by atoms with van der Waals surface area (Å²) in [4.78, 5) is 28.3. The fourth-order valence-electron chi connectivity index (χ4n) is 5.14. The number of aromatic nitrogens is 2. The van der Waals surface area contributed by atoms with Crippen molar-refractivity contribution in [3.8, 4) is 17.2 Å². The Morgan fingerprint density at radius 1 is 1.02 bits per heavy atom. The number of amides is 1. The number of fused-ring (bicyclic) bond motifs is 1. The molecule has 0 bridgehead atoms. The van der Waals surface area contributed by atoms with E-state index in [0.29, 0.717) is 15.7 Å². The molecule has 0 saturated carbocycles. The summed E-state index contributed by atoms with van der Waals surface area (Å²) in [6.07, 6.45) is 0. The molecule has 45 heavy (non-hydrogen) atoms. The van der Waals surface area contributed by atoms with Gasteiger partial charge in [-0.05, 0) is 68.2 Å². The van der Waals surface area contributed by atoms with Crippen molar-refractivity contribution in [2.24, 2.45) is 0 Å². The van der Waals surface area contributed by atoms with Crippen LogP contribution in [-0.4, -0.2) is 46.3 Å². The zero-order valence-corrected chi connectivity index (χ0v) is 26.9. The van der Waals surface area contributed by atoms with E-state index in [1.54, 1.807) is 0 Å². The highest BCUT2D eigenvalue weighted by Crippen LogP contribution is 2.47. The number of carbonyl (C=O) groups excluding carboxylic acids is 2. The Bertz CT molecular complexity index is 2010. The van der Waals surface area contributed by atoms with Crippen molar-refractivity contribution >= 4 is 72.4 Å². The number of phenolic OH excluding ortho intramolecular Hbond substituents is 1. The number of methoxy groups -OCH3 is 2. The summed E-state index contributed by atoms with van der Waals surface area (Å²) in [5.41, 5.74) is 1.07. The molecule has 1 amide bonds. The third-order valence-electron chi connectivity index (χ3n) is 7.29. The van der Waals surface area contributed by atoms with E-state index in [2.05, 4.69) is 32.2 Å². The van der Waals surface area contributed by atoms with Gasteiger partial charge in [0, 0.05) is 11.3 Å². The van der Waals surface area contributed by atoms with Gasteiger partial charge in [-0.3, -0.25) is 14.5 Å². The van der Waals surface area contributed by atoms with Crippen LogP contribution in [0.2, 0.25) is 0 Å². The van der Waals surface area contributed by atoms with Gasteiger partial charge in [-0.1, -0.05) is 65.6 Å². The summed E-state index contributed by atoms with van der Waals surface area (Å²) in [5.74, 6) is -2.93. The van der Waals surface area contributed by atoms with Crippen molar-refractivity contribution in [3.63, 3.8) is 0 Å². The molecule has 4 aromatic carbocycles. The molecule has 1 saturated heterocycles. The lowest BCUT2D eigenvalue weighted by molar-refractivity contribution is -0.132. The van der Waals surface area contributed by atoms with E-state index < -0.39 is 29.3 Å². The molecule has 0 spiro atoms. The fourth-order valence-corrected chi connectivity index (χ4v) is 7.47. The molecule has 6 rings (SSSR count). The molecule has 0 aliphatic carbocycles. The molecule has 1 aromatic heterocycles. The van der Waals surface area contributed by atoms with Gasteiger partial charge in [0.1, 0.15) is 5.76 Å². The average molecular weight is 709 g/mol. The third-order valence-corrected chi connectivity index (χ3v) is 10.00. The van der Waals surface area contributed by atoms with Gasteiger partial charge in [-0.15, -0.1) is 10.2 Å². The standard InChI is InChI=1S/C32H23BrFN3O6S2/c1-42-23-11-10-17(13-22(23)34)27(38)25-26(19-12-21(33)28(39)24(14-19)43-2)37(30(41)29(25)40)31-35-36-32(45-31)44-15-18-8-5-7-16-6-3-4-9-20(16)18/h3-14,26,38-39H,15H2,1-2H3/b27-25-. The number of anilines is 1. The summed E-state index contributed by atoms with van der Waals surface area (Å²) in [6, 6.07) is 19.5.